The number of nitrogens with one attached hydrogen (secondary N) is 1. The molecule has 0 radical (unpaired) electrons. The Bertz CT molecular complexity index is 1210. The largest absolute Gasteiger partial charge is 0.418 e. The number of anilines is 1. The van der Waals surface area contributed by atoms with E-state index in [4.69, 9.17) is 4.42 Å². The normalized spacial score (nSPS) is 11.5. The van der Waals surface area contributed by atoms with Crippen LogP contribution < -0.4 is 5.32 Å². The Morgan fingerprint density at radius 1 is 0.966 bits per heavy atom. The standard InChI is InChI=1S/C22H20N2O3S2/c1-15-5-9-17(10-6-15)14-23-21-22(24-20(27-21)19-4-3-13-28-19)29(25,26)18-11-7-16(2)8-12-18/h3-13,23H,14H2,1-2H3. The summed E-state index contributed by atoms with van der Waals surface area (Å²) in [6.45, 7) is 4.36. The zero-order valence-corrected chi connectivity index (χ0v) is 17.7. The maximum absolute atomic E-state index is 13.2. The van der Waals surface area contributed by atoms with Gasteiger partial charge < -0.3 is 9.73 Å². The SMILES string of the molecule is Cc1ccc(CNc2oc(-c3cccs3)nc2S(=O)(=O)c2ccc(C)cc2)cc1. The average Bonchev–Trinajstić information content (AvgIpc) is 3.38. The minimum Gasteiger partial charge on any atom is -0.418 e. The first-order valence-electron chi connectivity index (χ1n) is 9.09. The molecule has 0 aliphatic rings. The fraction of sp³-hybridized carbons (Fsp3) is 0.136. The Morgan fingerprint density at radius 2 is 1.62 bits per heavy atom. The number of benzene rings is 2. The van der Waals surface area contributed by atoms with E-state index >= 15 is 0 Å². The molecule has 0 aliphatic heterocycles. The maximum Gasteiger partial charge on any atom is 0.240 e. The van der Waals surface area contributed by atoms with Crippen LogP contribution in [0.15, 0.2) is 80.4 Å². The molecule has 0 spiro atoms. The fourth-order valence-electron chi connectivity index (χ4n) is 2.82. The summed E-state index contributed by atoms with van der Waals surface area (Å²) in [6.07, 6.45) is 0. The van der Waals surface area contributed by atoms with E-state index in [2.05, 4.69) is 10.3 Å². The molecule has 0 unspecified atom stereocenters. The second-order valence-electron chi connectivity index (χ2n) is 6.79. The molecule has 29 heavy (non-hydrogen) atoms. The van der Waals surface area contributed by atoms with Gasteiger partial charge in [0.05, 0.1) is 9.77 Å². The summed E-state index contributed by atoms with van der Waals surface area (Å²) in [5.74, 6) is 0.437. The monoisotopic (exact) mass is 424 g/mol. The summed E-state index contributed by atoms with van der Waals surface area (Å²) in [5, 5.41) is 4.91. The van der Waals surface area contributed by atoms with E-state index in [1.54, 1.807) is 24.3 Å². The second kappa shape index (κ2) is 7.85. The number of rotatable bonds is 6. The molecule has 0 amide bonds. The molecule has 0 saturated carbocycles. The topological polar surface area (TPSA) is 72.2 Å². The van der Waals surface area contributed by atoms with Gasteiger partial charge in [0.15, 0.2) is 0 Å². The van der Waals surface area contributed by atoms with Crippen molar-refractivity contribution in [1.29, 1.82) is 0 Å². The Kier molecular flexibility index (Phi) is 5.25. The molecule has 7 heteroatoms. The number of hydrogen-bond acceptors (Lipinski definition) is 6. The van der Waals surface area contributed by atoms with Gasteiger partial charge in [0.1, 0.15) is 0 Å². The van der Waals surface area contributed by atoms with Gasteiger partial charge in [-0.1, -0.05) is 53.6 Å². The Balaban J connectivity index is 1.73. The number of sulfone groups is 1. The van der Waals surface area contributed by atoms with Gasteiger partial charge in [0, 0.05) is 6.54 Å². The molecule has 2 heterocycles. The highest BCUT2D eigenvalue weighted by Crippen LogP contribution is 2.34. The molecule has 148 valence electrons. The van der Waals surface area contributed by atoms with Gasteiger partial charge in [-0.05, 0) is 43.0 Å². The summed E-state index contributed by atoms with van der Waals surface area (Å²) in [5.41, 5.74) is 3.17. The first-order valence-corrected chi connectivity index (χ1v) is 11.5. The molecule has 0 bridgehead atoms. The van der Waals surface area contributed by atoms with Crippen LogP contribution in [0.5, 0.6) is 0 Å². The number of nitrogens with zero attached hydrogens (tertiary/aromatic N) is 1. The molecular weight excluding hydrogens is 404 g/mol. The van der Waals surface area contributed by atoms with Crippen molar-refractivity contribution in [3.05, 3.63) is 82.7 Å². The lowest BCUT2D eigenvalue weighted by molar-refractivity contribution is 0.577. The highest BCUT2D eigenvalue weighted by atomic mass is 32.2. The molecule has 0 aliphatic carbocycles. The van der Waals surface area contributed by atoms with Crippen LogP contribution in [-0.2, 0) is 16.4 Å². The molecule has 5 nitrogen and oxygen atoms in total. The van der Waals surface area contributed by atoms with Crippen molar-refractivity contribution in [2.24, 2.45) is 0 Å². The zero-order chi connectivity index (χ0) is 20.4. The minimum absolute atomic E-state index is 0.100. The van der Waals surface area contributed by atoms with Crippen molar-refractivity contribution < 1.29 is 12.8 Å². The lowest BCUT2D eigenvalue weighted by atomic mass is 10.1. The quantitative estimate of drug-likeness (QED) is 0.445. The van der Waals surface area contributed by atoms with E-state index in [0.717, 1.165) is 21.6 Å². The van der Waals surface area contributed by atoms with Crippen molar-refractivity contribution >= 4 is 27.1 Å². The molecule has 2 aromatic heterocycles. The van der Waals surface area contributed by atoms with Crippen molar-refractivity contribution in [3.8, 4) is 10.8 Å². The van der Waals surface area contributed by atoms with Crippen molar-refractivity contribution in [2.75, 3.05) is 5.32 Å². The van der Waals surface area contributed by atoms with Gasteiger partial charge >= 0.3 is 0 Å². The summed E-state index contributed by atoms with van der Waals surface area (Å²) in [6, 6.07) is 18.5. The van der Waals surface area contributed by atoms with Crippen LogP contribution in [0.1, 0.15) is 16.7 Å². The number of hydrogen-bond donors (Lipinski definition) is 1. The van der Waals surface area contributed by atoms with Crippen LogP contribution in [0.2, 0.25) is 0 Å². The lowest BCUT2D eigenvalue weighted by Crippen LogP contribution is -2.07. The first kappa shape index (κ1) is 19.4. The Morgan fingerprint density at radius 3 is 2.24 bits per heavy atom. The van der Waals surface area contributed by atoms with Crippen LogP contribution in [-0.4, -0.2) is 13.4 Å². The molecule has 4 rings (SSSR count). The van der Waals surface area contributed by atoms with Crippen LogP contribution >= 0.6 is 11.3 Å². The third-order valence-electron chi connectivity index (χ3n) is 4.49. The number of aromatic nitrogens is 1. The molecule has 0 fully saturated rings. The van der Waals surface area contributed by atoms with Crippen molar-refractivity contribution in [1.82, 2.24) is 4.98 Å². The summed E-state index contributed by atoms with van der Waals surface area (Å²) in [7, 11) is -3.83. The van der Waals surface area contributed by atoms with Gasteiger partial charge in [-0.3, -0.25) is 0 Å². The molecule has 0 saturated heterocycles. The average molecular weight is 425 g/mol. The molecule has 2 aromatic carbocycles. The van der Waals surface area contributed by atoms with Gasteiger partial charge in [0.25, 0.3) is 0 Å². The van der Waals surface area contributed by atoms with E-state index in [9.17, 15) is 8.42 Å². The first-order chi connectivity index (χ1) is 13.9. The molecule has 0 atom stereocenters. The third kappa shape index (κ3) is 4.11. The van der Waals surface area contributed by atoms with Gasteiger partial charge in [-0.15, -0.1) is 11.3 Å². The minimum atomic E-state index is -3.83. The molecule has 4 aromatic rings. The number of thiophene rings is 1. The highest BCUT2D eigenvalue weighted by molar-refractivity contribution is 7.91. The Hall–Kier alpha value is -2.90. The van der Waals surface area contributed by atoms with E-state index in [1.165, 1.54) is 11.3 Å². The second-order valence-corrected chi connectivity index (χ2v) is 9.60. The maximum atomic E-state index is 13.2. The van der Waals surface area contributed by atoms with E-state index in [0.29, 0.717) is 6.54 Å². The van der Waals surface area contributed by atoms with Crippen LogP contribution in [0, 0.1) is 13.8 Å². The molecule has 1 N–H and O–H groups in total. The lowest BCUT2D eigenvalue weighted by Gasteiger charge is -2.07. The van der Waals surface area contributed by atoms with Crippen LogP contribution in [0.25, 0.3) is 10.8 Å². The summed E-state index contributed by atoms with van der Waals surface area (Å²) in [4.78, 5) is 5.30. The predicted molar refractivity (Wildman–Crippen MR) is 115 cm³/mol. The van der Waals surface area contributed by atoms with Crippen LogP contribution in [0.4, 0.5) is 5.88 Å². The van der Waals surface area contributed by atoms with Crippen molar-refractivity contribution in [2.45, 2.75) is 30.3 Å². The number of aryl methyl sites for hydroxylation is 2. The van der Waals surface area contributed by atoms with Crippen LogP contribution in [0.3, 0.4) is 0 Å². The van der Waals surface area contributed by atoms with Gasteiger partial charge in [0.2, 0.25) is 26.6 Å². The third-order valence-corrected chi connectivity index (χ3v) is 7.02. The van der Waals surface area contributed by atoms with E-state index in [-0.39, 0.29) is 21.7 Å². The van der Waals surface area contributed by atoms with Crippen molar-refractivity contribution in [3.63, 3.8) is 0 Å². The van der Waals surface area contributed by atoms with Gasteiger partial charge in [-0.2, -0.15) is 4.98 Å². The van der Waals surface area contributed by atoms with E-state index in [1.807, 2.05) is 55.6 Å². The van der Waals surface area contributed by atoms with E-state index < -0.39 is 9.84 Å². The summed E-state index contributed by atoms with van der Waals surface area (Å²) < 4.78 is 32.3. The smallest absolute Gasteiger partial charge is 0.240 e. The van der Waals surface area contributed by atoms with Gasteiger partial charge in [-0.25, -0.2) is 8.42 Å². The Labute approximate surface area is 174 Å². The highest BCUT2D eigenvalue weighted by Gasteiger charge is 2.28. The number of oxazole rings is 1. The zero-order valence-electron chi connectivity index (χ0n) is 16.0. The predicted octanol–water partition coefficient (Wildman–Crippen LogP) is 5.46. The molecular formula is C22H20N2O3S2. The summed E-state index contributed by atoms with van der Waals surface area (Å²) >= 11 is 1.44. The fourth-order valence-corrected chi connectivity index (χ4v) is 4.75.